The van der Waals surface area contributed by atoms with Gasteiger partial charge >= 0.3 is 24.3 Å². The van der Waals surface area contributed by atoms with Crippen molar-refractivity contribution < 1.29 is 50.9 Å². The standard InChI is InChI=1S/C19H25N5O.2C2HF3O2/c1-14-19-22-17(9-18(25)21-11-16-3-2-6-20-10-16)13-24(19)8-7-23(14)12-15-4-5-15;2*3-2(4,5)1(6)7/h2-3,6,10,13-15H,4-5,7-9,11-12H2,1H3,(H,21,25);2*(H,6,7). The lowest BCUT2D eigenvalue weighted by atomic mass is 10.2. The summed E-state index contributed by atoms with van der Waals surface area (Å²) in [6.07, 6.45) is -1.54. The van der Waals surface area contributed by atoms with Gasteiger partial charge in [-0.25, -0.2) is 14.6 Å². The van der Waals surface area contributed by atoms with E-state index in [2.05, 4.69) is 26.7 Å². The van der Waals surface area contributed by atoms with Gasteiger partial charge in [0.2, 0.25) is 5.91 Å². The van der Waals surface area contributed by atoms with Crippen LogP contribution in [0.3, 0.4) is 0 Å². The van der Waals surface area contributed by atoms with E-state index < -0.39 is 24.3 Å². The summed E-state index contributed by atoms with van der Waals surface area (Å²) in [5.74, 6) is -3.52. The number of halogens is 6. The van der Waals surface area contributed by atoms with Crippen molar-refractivity contribution in [2.75, 3.05) is 13.1 Å². The van der Waals surface area contributed by atoms with Crippen LogP contribution in [0.25, 0.3) is 0 Å². The molecular weight excluding hydrogens is 540 g/mol. The molecule has 3 heterocycles. The lowest BCUT2D eigenvalue weighted by Gasteiger charge is -2.33. The first-order valence-corrected chi connectivity index (χ1v) is 11.6. The van der Waals surface area contributed by atoms with Gasteiger partial charge in [-0.3, -0.25) is 14.7 Å². The molecule has 2 aromatic rings. The number of amides is 1. The number of nitrogens with one attached hydrogen (secondary N) is 1. The van der Waals surface area contributed by atoms with Crippen molar-refractivity contribution in [3.05, 3.63) is 47.8 Å². The second-order valence-corrected chi connectivity index (χ2v) is 8.82. The summed E-state index contributed by atoms with van der Waals surface area (Å²) in [5.41, 5.74) is 1.86. The van der Waals surface area contributed by atoms with Crippen LogP contribution in [-0.4, -0.2) is 72.9 Å². The summed E-state index contributed by atoms with van der Waals surface area (Å²) < 4.78 is 65.7. The molecule has 1 aliphatic carbocycles. The summed E-state index contributed by atoms with van der Waals surface area (Å²) in [6.45, 7) is 5.97. The first-order chi connectivity index (χ1) is 18.1. The van der Waals surface area contributed by atoms with Gasteiger partial charge in [0.1, 0.15) is 5.82 Å². The van der Waals surface area contributed by atoms with Crippen molar-refractivity contribution in [2.24, 2.45) is 5.92 Å². The fraction of sp³-hybridized carbons (Fsp3) is 0.522. The van der Waals surface area contributed by atoms with Gasteiger partial charge < -0.3 is 20.1 Å². The topological polar surface area (TPSA) is 138 Å². The first-order valence-electron chi connectivity index (χ1n) is 11.6. The number of nitrogens with zero attached hydrogens (tertiary/aromatic N) is 4. The quantitative estimate of drug-likeness (QED) is 0.453. The molecule has 10 nitrogen and oxygen atoms in total. The van der Waals surface area contributed by atoms with Gasteiger partial charge in [0.05, 0.1) is 18.2 Å². The number of fused-ring (bicyclic) bond motifs is 1. The molecule has 0 bridgehead atoms. The zero-order valence-electron chi connectivity index (χ0n) is 20.7. The molecule has 1 aliphatic heterocycles. The van der Waals surface area contributed by atoms with Crippen molar-refractivity contribution in [1.29, 1.82) is 0 Å². The molecule has 0 saturated heterocycles. The van der Waals surface area contributed by atoms with E-state index >= 15 is 0 Å². The van der Waals surface area contributed by atoms with Crippen LogP contribution in [-0.2, 0) is 33.9 Å². The minimum atomic E-state index is -5.08. The molecule has 16 heteroatoms. The van der Waals surface area contributed by atoms with Crippen molar-refractivity contribution in [3.63, 3.8) is 0 Å². The average molecular weight is 567 g/mol. The van der Waals surface area contributed by atoms with E-state index in [-0.39, 0.29) is 5.91 Å². The third kappa shape index (κ3) is 10.9. The Kier molecular flexibility index (Phi) is 10.8. The Morgan fingerprint density at radius 3 is 2.13 bits per heavy atom. The van der Waals surface area contributed by atoms with E-state index in [9.17, 15) is 31.1 Å². The summed E-state index contributed by atoms with van der Waals surface area (Å²) in [4.78, 5) is 41.3. The zero-order valence-corrected chi connectivity index (χ0v) is 20.7. The molecule has 1 fully saturated rings. The Morgan fingerprint density at radius 2 is 1.64 bits per heavy atom. The van der Waals surface area contributed by atoms with E-state index in [0.717, 1.165) is 36.1 Å². The number of carboxylic acid groups (broad SMARTS) is 2. The molecule has 1 atom stereocenters. The molecule has 1 amide bonds. The molecule has 0 radical (unpaired) electrons. The highest BCUT2D eigenvalue weighted by Gasteiger charge is 2.39. The van der Waals surface area contributed by atoms with E-state index in [1.54, 1.807) is 12.4 Å². The van der Waals surface area contributed by atoms with Gasteiger partial charge in [-0.1, -0.05) is 6.07 Å². The molecule has 0 aromatic carbocycles. The minimum absolute atomic E-state index is 0.00166. The van der Waals surface area contributed by atoms with Crippen LogP contribution in [0.15, 0.2) is 30.7 Å². The minimum Gasteiger partial charge on any atom is -0.475 e. The molecule has 1 saturated carbocycles. The van der Waals surface area contributed by atoms with Crippen molar-refractivity contribution in [1.82, 2.24) is 24.8 Å². The third-order valence-electron chi connectivity index (χ3n) is 5.64. The number of pyridine rings is 1. The summed E-state index contributed by atoms with van der Waals surface area (Å²) in [7, 11) is 0. The second kappa shape index (κ2) is 13.4. The smallest absolute Gasteiger partial charge is 0.475 e. The Bertz CT molecular complexity index is 1090. The number of aliphatic carboxylic acids is 2. The Hall–Kier alpha value is -3.69. The van der Waals surface area contributed by atoms with Gasteiger partial charge in [0.25, 0.3) is 0 Å². The molecule has 2 aliphatic rings. The number of imidazole rings is 1. The molecule has 2 aromatic heterocycles. The Balaban J connectivity index is 0.000000317. The highest BCUT2D eigenvalue weighted by atomic mass is 19.4. The molecule has 3 N–H and O–H groups in total. The third-order valence-corrected chi connectivity index (χ3v) is 5.64. The van der Waals surface area contributed by atoms with Gasteiger partial charge in [0.15, 0.2) is 0 Å². The largest absolute Gasteiger partial charge is 0.490 e. The monoisotopic (exact) mass is 567 g/mol. The number of rotatable bonds is 6. The zero-order chi connectivity index (χ0) is 29.4. The van der Waals surface area contributed by atoms with E-state index in [1.807, 2.05) is 18.3 Å². The predicted molar refractivity (Wildman–Crippen MR) is 122 cm³/mol. The van der Waals surface area contributed by atoms with Crippen LogP contribution in [0.1, 0.15) is 42.9 Å². The average Bonchev–Trinajstić information content (AvgIpc) is 3.57. The van der Waals surface area contributed by atoms with Crippen LogP contribution in [0, 0.1) is 5.92 Å². The number of carbonyl (C=O) groups excluding carboxylic acids is 1. The van der Waals surface area contributed by atoms with Crippen molar-refractivity contribution >= 4 is 17.8 Å². The SMILES string of the molecule is CC1c2nc(CC(=O)NCc3cccnc3)cn2CCN1CC1CC1.O=C(O)C(F)(F)F.O=C(O)C(F)(F)F. The number of hydrogen-bond donors (Lipinski definition) is 3. The lowest BCUT2D eigenvalue weighted by molar-refractivity contribution is -0.193. The van der Waals surface area contributed by atoms with Crippen LogP contribution in [0.5, 0.6) is 0 Å². The van der Waals surface area contributed by atoms with Gasteiger partial charge in [-0.05, 0) is 37.3 Å². The number of carbonyl (C=O) groups is 3. The number of alkyl halides is 6. The van der Waals surface area contributed by atoms with Gasteiger partial charge in [-0.2, -0.15) is 26.3 Å². The summed E-state index contributed by atoms with van der Waals surface area (Å²) in [5, 5.41) is 17.2. The van der Waals surface area contributed by atoms with E-state index in [1.165, 1.54) is 19.4 Å². The van der Waals surface area contributed by atoms with Crippen LogP contribution in [0.4, 0.5) is 26.3 Å². The van der Waals surface area contributed by atoms with Crippen molar-refractivity contribution in [3.8, 4) is 0 Å². The van der Waals surface area contributed by atoms with Crippen molar-refractivity contribution in [2.45, 2.75) is 57.7 Å². The van der Waals surface area contributed by atoms with Gasteiger partial charge in [-0.15, -0.1) is 0 Å². The second-order valence-electron chi connectivity index (χ2n) is 8.82. The van der Waals surface area contributed by atoms with Crippen LogP contribution < -0.4 is 5.32 Å². The van der Waals surface area contributed by atoms with Crippen LogP contribution in [0.2, 0.25) is 0 Å². The number of aromatic nitrogens is 3. The first kappa shape index (κ1) is 31.5. The normalized spacial score (nSPS) is 17.1. The van der Waals surface area contributed by atoms with E-state index in [4.69, 9.17) is 24.8 Å². The maximum atomic E-state index is 12.2. The predicted octanol–water partition coefficient (Wildman–Crippen LogP) is 3.19. The number of carboxylic acids is 2. The fourth-order valence-electron chi connectivity index (χ4n) is 3.49. The van der Waals surface area contributed by atoms with Gasteiger partial charge in [0, 0.05) is 44.8 Å². The van der Waals surface area contributed by atoms with Crippen LogP contribution >= 0.6 is 0 Å². The molecule has 0 spiro atoms. The molecule has 4 rings (SSSR count). The maximum Gasteiger partial charge on any atom is 0.490 e. The van der Waals surface area contributed by atoms with E-state index in [0.29, 0.717) is 19.0 Å². The summed E-state index contributed by atoms with van der Waals surface area (Å²) >= 11 is 0. The number of hydrogen-bond acceptors (Lipinski definition) is 6. The molecule has 216 valence electrons. The highest BCUT2D eigenvalue weighted by Crippen LogP contribution is 2.34. The molecular formula is C23H27F6N5O5. The Labute approximate surface area is 218 Å². The summed E-state index contributed by atoms with van der Waals surface area (Å²) in [6, 6.07) is 4.17. The molecule has 1 unspecified atom stereocenters. The Morgan fingerprint density at radius 1 is 1.05 bits per heavy atom. The fourth-order valence-corrected chi connectivity index (χ4v) is 3.49. The molecule has 39 heavy (non-hydrogen) atoms. The lowest BCUT2D eigenvalue weighted by Crippen LogP contribution is -2.38. The highest BCUT2D eigenvalue weighted by molar-refractivity contribution is 5.78. The maximum absolute atomic E-state index is 12.2.